The molecule has 0 aliphatic rings. The third-order valence-corrected chi connectivity index (χ3v) is 3.98. The van der Waals surface area contributed by atoms with Crippen LogP contribution < -0.4 is 4.74 Å². The first kappa shape index (κ1) is 18.6. The summed E-state index contributed by atoms with van der Waals surface area (Å²) in [6.45, 7) is 0. The lowest BCUT2D eigenvalue weighted by atomic mass is 10.3. The van der Waals surface area contributed by atoms with Gasteiger partial charge in [0, 0.05) is 11.9 Å². The first-order valence-electron chi connectivity index (χ1n) is 6.77. The molecule has 9 heteroatoms. The number of rotatable bonds is 5. The average molecular weight is 368 g/mol. The number of halogens is 3. The van der Waals surface area contributed by atoms with Crippen molar-refractivity contribution in [3.05, 3.63) is 63.6 Å². The molecule has 0 heterocycles. The molecule has 0 saturated carbocycles. The largest absolute Gasteiger partial charge is 0.497 e. The fourth-order valence-corrected chi connectivity index (χ4v) is 2.54. The molecule has 0 aromatic heterocycles. The van der Waals surface area contributed by atoms with E-state index in [1.165, 1.54) is 37.4 Å². The molecule has 25 heavy (non-hydrogen) atoms. The van der Waals surface area contributed by atoms with E-state index in [9.17, 15) is 23.3 Å². The summed E-state index contributed by atoms with van der Waals surface area (Å²) in [7, 11) is 1.46. The summed E-state index contributed by atoms with van der Waals surface area (Å²) in [6, 6.07) is 11.2. The maximum absolute atomic E-state index is 13.2. The number of allylic oxidation sites excluding steroid dienone is 1. The minimum atomic E-state index is -4.75. The third kappa shape index (κ3) is 5.10. The topological polar surface area (TPSA) is 64.7 Å². The maximum Gasteiger partial charge on any atom is 0.431 e. The fourth-order valence-electron chi connectivity index (χ4n) is 1.72. The number of nitrogens with zero attached hydrogens (tertiary/aromatic N) is 2. The maximum atomic E-state index is 13.2. The zero-order chi connectivity index (χ0) is 18.4. The Morgan fingerprint density at radius 3 is 2.40 bits per heavy atom. The van der Waals surface area contributed by atoms with Crippen LogP contribution in [0.1, 0.15) is 0 Å². The summed E-state index contributed by atoms with van der Waals surface area (Å²) < 4.78 is 44.5. The van der Waals surface area contributed by atoms with Gasteiger partial charge in [0.15, 0.2) is 4.91 Å². The minimum Gasteiger partial charge on any atom is -0.497 e. The molecule has 2 aromatic carbocycles. The van der Waals surface area contributed by atoms with Crippen LogP contribution in [0.25, 0.3) is 0 Å². The fraction of sp³-hybridized carbons (Fsp3) is 0.125. The van der Waals surface area contributed by atoms with Crippen LogP contribution in [0.4, 0.5) is 24.5 Å². The predicted molar refractivity (Wildman–Crippen MR) is 88.6 cm³/mol. The number of hydrogen-bond acceptors (Lipinski definition) is 5. The number of thioether (sulfide) groups is 1. The Balaban J connectivity index is 2.40. The Labute approximate surface area is 145 Å². The molecule has 0 spiro atoms. The van der Waals surface area contributed by atoms with E-state index < -0.39 is 21.7 Å². The summed E-state index contributed by atoms with van der Waals surface area (Å²) >= 11 is 0.198. The van der Waals surface area contributed by atoms with Crippen molar-refractivity contribution in [2.75, 3.05) is 7.11 Å². The van der Waals surface area contributed by atoms with Gasteiger partial charge in [-0.2, -0.15) is 13.2 Å². The summed E-state index contributed by atoms with van der Waals surface area (Å²) in [5.74, 6) is 2.48. The van der Waals surface area contributed by atoms with Crippen LogP contribution in [0.2, 0.25) is 0 Å². The van der Waals surface area contributed by atoms with E-state index in [0.717, 1.165) is 6.07 Å². The van der Waals surface area contributed by atoms with Crippen LogP contribution in [0.15, 0.2) is 63.3 Å². The molecular weight excluding hydrogens is 357 g/mol. The molecule has 5 nitrogen and oxygen atoms in total. The van der Waals surface area contributed by atoms with Gasteiger partial charge < -0.3 is 4.74 Å². The highest BCUT2D eigenvalue weighted by Crippen LogP contribution is 2.40. The van der Waals surface area contributed by atoms with Gasteiger partial charge in [-0.15, -0.1) is 0 Å². The molecule has 0 aliphatic heterocycles. The first-order valence-corrected chi connectivity index (χ1v) is 7.59. The van der Waals surface area contributed by atoms with E-state index in [1.54, 1.807) is 12.1 Å². The Bertz CT molecular complexity index is 829. The van der Waals surface area contributed by atoms with E-state index >= 15 is 0 Å². The number of nitro benzene ring substituents is 1. The van der Waals surface area contributed by atoms with E-state index in [0.29, 0.717) is 5.75 Å². The number of benzene rings is 2. The SMILES string of the molecule is COc1ccc(N=C=C(Sc2ccccc2[N+](=O)[O-])C(F)(F)F)cc1. The van der Waals surface area contributed by atoms with Crippen LogP contribution in [-0.2, 0) is 0 Å². The number of nitro groups is 1. The van der Waals surface area contributed by atoms with Gasteiger partial charge in [-0.25, -0.2) is 4.99 Å². The molecule has 2 rings (SSSR count). The number of aliphatic imine (C=N–C) groups is 1. The molecule has 0 unspecified atom stereocenters. The molecule has 0 bridgehead atoms. The third-order valence-electron chi connectivity index (χ3n) is 2.89. The molecule has 0 aliphatic carbocycles. The second kappa shape index (κ2) is 7.87. The second-order valence-electron chi connectivity index (χ2n) is 4.58. The quantitative estimate of drug-likeness (QED) is 0.317. The number of ether oxygens (including phenoxy) is 1. The van der Waals surface area contributed by atoms with Crippen molar-refractivity contribution >= 4 is 29.0 Å². The zero-order valence-electron chi connectivity index (χ0n) is 12.8. The van der Waals surface area contributed by atoms with Crippen LogP contribution in [0.3, 0.4) is 0 Å². The zero-order valence-corrected chi connectivity index (χ0v) is 13.6. The molecule has 2 aromatic rings. The van der Waals surface area contributed by atoms with Crippen molar-refractivity contribution < 1.29 is 22.8 Å². The Hall–Kier alpha value is -2.77. The van der Waals surface area contributed by atoms with Crippen molar-refractivity contribution in [1.82, 2.24) is 0 Å². The van der Waals surface area contributed by atoms with Crippen molar-refractivity contribution in [2.45, 2.75) is 11.1 Å². The monoisotopic (exact) mass is 368 g/mol. The minimum absolute atomic E-state index is 0.141. The molecule has 0 atom stereocenters. The van der Waals surface area contributed by atoms with Gasteiger partial charge in [0.05, 0.1) is 22.6 Å². The normalized spacial score (nSPS) is 10.7. The lowest BCUT2D eigenvalue weighted by Gasteiger charge is -2.08. The highest BCUT2D eigenvalue weighted by Gasteiger charge is 2.36. The van der Waals surface area contributed by atoms with Gasteiger partial charge in [-0.1, -0.05) is 23.9 Å². The number of alkyl halides is 3. The lowest BCUT2D eigenvalue weighted by Crippen LogP contribution is -2.10. The van der Waals surface area contributed by atoms with Gasteiger partial charge in [0.1, 0.15) is 5.75 Å². The summed E-state index contributed by atoms with van der Waals surface area (Å²) in [6.07, 6.45) is -4.75. The summed E-state index contributed by atoms with van der Waals surface area (Å²) in [4.78, 5) is 12.5. The van der Waals surface area contributed by atoms with E-state index in [1.807, 2.05) is 5.87 Å². The summed E-state index contributed by atoms with van der Waals surface area (Å²) in [5.41, 5.74) is -0.175. The average Bonchev–Trinajstić information content (AvgIpc) is 2.58. The van der Waals surface area contributed by atoms with E-state index in [-0.39, 0.29) is 22.3 Å². The van der Waals surface area contributed by atoms with E-state index in [4.69, 9.17) is 4.74 Å². The Morgan fingerprint density at radius 2 is 1.84 bits per heavy atom. The van der Waals surface area contributed by atoms with Crippen molar-refractivity contribution in [3.8, 4) is 5.75 Å². The molecule has 0 amide bonds. The second-order valence-corrected chi connectivity index (χ2v) is 5.63. The van der Waals surface area contributed by atoms with Crippen LogP contribution in [-0.4, -0.2) is 24.1 Å². The standard InChI is InChI=1S/C16H11F3N2O3S/c1-24-12-8-6-11(7-9-12)20-10-15(16(17,18)19)25-14-5-3-2-4-13(14)21(22)23/h2-9H,1H3. The number of hydrogen-bond donors (Lipinski definition) is 0. The molecule has 0 N–H and O–H groups in total. The number of para-hydroxylation sites is 1. The molecule has 0 radical (unpaired) electrons. The van der Waals surface area contributed by atoms with Gasteiger partial charge in [-0.05, 0) is 30.3 Å². The summed E-state index contributed by atoms with van der Waals surface area (Å²) in [5, 5.41) is 10.9. The first-order chi connectivity index (χ1) is 11.8. The van der Waals surface area contributed by atoms with Gasteiger partial charge in [0.25, 0.3) is 5.69 Å². The number of methoxy groups -OCH3 is 1. The van der Waals surface area contributed by atoms with Gasteiger partial charge in [-0.3, -0.25) is 10.1 Å². The van der Waals surface area contributed by atoms with Gasteiger partial charge >= 0.3 is 6.18 Å². The van der Waals surface area contributed by atoms with Crippen molar-refractivity contribution in [1.29, 1.82) is 0 Å². The molecule has 130 valence electrons. The molecule has 0 fully saturated rings. The van der Waals surface area contributed by atoms with Crippen molar-refractivity contribution in [2.24, 2.45) is 4.99 Å². The molecular formula is C16H11F3N2O3S. The lowest BCUT2D eigenvalue weighted by molar-refractivity contribution is -0.387. The van der Waals surface area contributed by atoms with Crippen LogP contribution in [0.5, 0.6) is 5.75 Å². The van der Waals surface area contributed by atoms with Crippen LogP contribution in [0, 0.1) is 10.1 Å². The smallest absolute Gasteiger partial charge is 0.431 e. The van der Waals surface area contributed by atoms with E-state index in [2.05, 4.69) is 4.99 Å². The Kier molecular flexibility index (Phi) is 5.84. The highest BCUT2D eigenvalue weighted by atomic mass is 32.2. The Morgan fingerprint density at radius 1 is 1.20 bits per heavy atom. The molecule has 0 saturated heterocycles. The van der Waals surface area contributed by atoms with Crippen molar-refractivity contribution in [3.63, 3.8) is 0 Å². The predicted octanol–water partition coefficient (Wildman–Crippen LogP) is 5.14. The van der Waals surface area contributed by atoms with Gasteiger partial charge in [0.2, 0.25) is 0 Å². The van der Waals surface area contributed by atoms with Crippen LogP contribution >= 0.6 is 11.8 Å². The highest BCUT2D eigenvalue weighted by molar-refractivity contribution is 8.03.